The molecule has 1 atom stereocenters. The molecule has 4 rings (SSSR count). The van der Waals surface area contributed by atoms with Gasteiger partial charge in [-0.2, -0.15) is 0 Å². The number of imidazole rings is 2. The summed E-state index contributed by atoms with van der Waals surface area (Å²) in [4.78, 5) is 24.6. The third-order valence-corrected chi connectivity index (χ3v) is 4.67. The number of hydrogen-bond acceptors (Lipinski definition) is 3. The van der Waals surface area contributed by atoms with E-state index in [-0.39, 0.29) is 18.1 Å². The number of benzene rings is 2. The Kier molecular flexibility index (Phi) is 4.89. The number of para-hydroxylation sites is 2. The molecule has 2 N–H and O–H groups in total. The monoisotopic (exact) mass is 377 g/mol. The van der Waals surface area contributed by atoms with E-state index in [1.807, 2.05) is 31.3 Å². The summed E-state index contributed by atoms with van der Waals surface area (Å²) in [6.07, 6.45) is 4.09. The number of fused-ring (bicyclic) bond motifs is 1. The molecule has 142 valence electrons. The van der Waals surface area contributed by atoms with Gasteiger partial charge in [0, 0.05) is 37.8 Å². The number of H-pyrrole nitrogens is 1. The maximum Gasteiger partial charge on any atom is 0.221 e. The van der Waals surface area contributed by atoms with E-state index in [9.17, 15) is 9.18 Å². The summed E-state index contributed by atoms with van der Waals surface area (Å²) in [5.74, 6) is 0.739. The maximum absolute atomic E-state index is 14.4. The fourth-order valence-corrected chi connectivity index (χ4v) is 3.24. The van der Waals surface area contributed by atoms with Crippen molar-refractivity contribution in [2.24, 2.45) is 7.05 Å². The lowest BCUT2D eigenvalue weighted by Crippen LogP contribution is -2.31. The predicted molar refractivity (Wildman–Crippen MR) is 104 cm³/mol. The molecular weight excluding hydrogens is 357 g/mol. The first-order valence-corrected chi connectivity index (χ1v) is 9.06. The lowest BCUT2D eigenvalue weighted by molar-refractivity contribution is -0.121. The summed E-state index contributed by atoms with van der Waals surface area (Å²) in [6, 6.07) is 13.5. The molecule has 0 aliphatic rings. The molecule has 6 nitrogen and oxygen atoms in total. The van der Waals surface area contributed by atoms with E-state index >= 15 is 0 Å². The zero-order valence-electron chi connectivity index (χ0n) is 15.4. The number of carbonyl (C=O) groups is 1. The fraction of sp³-hybridized carbons (Fsp3) is 0.190. The maximum atomic E-state index is 14.4. The van der Waals surface area contributed by atoms with Crippen molar-refractivity contribution < 1.29 is 9.18 Å². The highest BCUT2D eigenvalue weighted by Gasteiger charge is 2.23. The lowest BCUT2D eigenvalue weighted by Gasteiger charge is -2.19. The number of aryl methyl sites for hydroxylation is 2. The van der Waals surface area contributed by atoms with Crippen LogP contribution in [-0.4, -0.2) is 25.4 Å². The van der Waals surface area contributed by atoms with Crippen molar-refractivity contribution >= 4 is 16.9 Å². The van der Waals surface area contributed by atoms with Gasteiger partial charge in [-0.05, 0) is 18.2 Å². The molecule has 2 aromatic carbocycles. The van der Waals surface area contributed by atoms with Gasteiger partial charge in [0.15, 0.2) is 0 Å². The third-order valence-electron chi connectivity index (χ3n) is 4.67. The van der Waals surface area contributed by atoms with E-state index in [4.69, 9.17) is 0 Å². The zero-order valence-corrected chi connectivity index (χ0v) is 15.4. The highest BCUT2D eigenvalue weighted by Crippen LogP contribution is 2.23. The number of amides is 1. The standard InChI is InChI=1S/C21H20FN5O/c1-27-13-12-23-21(27)20(14-6-2-3-7-15(14)22)26-19(28)11-10-18-24-16-8-4-5-9-17(16)25-18/h2-9,12-13,20H,10-11H2,1H3,(H,24,25)(H,26,28). The number of hydrogen-bond donors (Lipinski definition) is 2. The van der Waals surface area contributed by atoms with E-state index in [1.165, 1.54) is 6.07 Å². The zero-order chi connectivity index (χ0) is 19.5. The van der Waals surface area contributed by atoms with Gasteiger partial charge in [-0.3, -0.25) is 4.79 Å². The van der Waals surface area contributed by atoms with Crippen molar-refractivity contribution in [2.45, 2.75) is 18.9 Å². The second kappa shape index (κ2) is 7.64. The molecule has 0 fully saturated rings. The van der Waals surface area contributed by atoms with Crippen LogP contribution in [0.4, 0.5) is 4.39 Å². The molecule has 0 saturated heterocycles. The number of nitrogens with one attached hydrogen (secondary N) is 2. The molecule has 7 heteroatoms. The summed E-state index contributed by atoms with van der Waals surface area (Å²) >= 11 is 0. The Morgan fingerprint density at radius 1 is 1.21 bits per heavy atom. The van der Waals surface area contributed by atoms with Crippen LogP contribution < -0.4 is 5.32 Å². The van der Waals surface area contributed by atoms with Crippen molar-refractivity contribution in [1.29, 1.82) is 0 Å². The fourth-order valence-electron chi connectivity index (χ4n) is 3.24. The number of aromatic nitrogens is 4. The summed E-state index contributed by atoms with van der Waals surface area (Å²) in [5, 5.41) is 2.92. The molecule has 2 heterocycles. The van der Waals surface area contributed by atoms with Crippen LogP contribution in [0.2, 0.25) is 0 Å². The second-order valence-corrected chi connectivity index (χ2v) is 6.62. The molecular formula is C21H20FN5O. The Morgan fingerprint density at radius 2 is 2.00 bits per heavy atom. The van der Waals surface area contributed by atoms with E-state index < -0.39 is 6.04 Å². The quantitative estimate of drug-likeness (QED) is 0.541. The summed E-state index contributed by atoms with van der Waals surface area (Å²) < 4.78 is 16.2. The average molecular weight is 377 g/mol. The Morgan fingerprint density at radius 3 is 2.75 bits per heavy atom. The van der Waals surface area contributed by atoms with Crippen molar-refractivity contribution in [3.05, 3.63) is 84.0 Å². The van der Waals surface area contributed by atoms with Gasteiger partial charge in [0.05, 0.1) is 11.0 Å². The molecule has 0 aliphatic heterocycles. The van der Waals surface area contributed by atoms with Crippen LogP contribution in [0.1, 0.15) is 29.7 Å². The normalized spacial score (nSPS) is 12.2. The van der Waals surface area contributed by atoms with Gasteiger partial charge >= 0.3 is 0 Å². The first-order chi connectivity index (χ1) is 13.6. The summed E-state index contributed by atoms with van der Waals surface area (Å²) in [6.45, 7) is 0. The van der Waals surface area contributed by atoms with Gasteiger partial charge in [0.2, 0.25) is 5.91 Å². The minimum atomic E-state index is -0.663. The summed E-state index contributed by atoms with van der Waals surface area (Å²) in [7, 11) is 1.82. The average Bonchev–Trinajstić information content (AvgIpc) is 3.31. The molecule has 0 radical (unpaired) electrons. The molecule has 0 spiro atoms. The highest BCUT2D eigenvalue weighted by molar-refractivity contribution is 5.78. The number of carbonyl (C=O) groups excluding carboxylic acids is 1. The topological polar surface area (TPSA) is 75.6 Å². The van der Waals surface area contributed by atoms with Crippen molar-refractivity contribution in [3.8, 4) is 0 Å². The van der Waals surface area contributed by atoms with Crippen LogP contribution in [-0.2, 0) is 18.3 Å². The molecule has 0 bridgehead atoms. The third kappa shape index (κ3) is 3.64. The molecule has 1 amide bonds. The van der Waals surface area contributed by atoms with Gasteiger partial charge in [0.1, 0.15) is 23.5 Å². The minimum absolute atomic E-state index is 0.197. The van der Waals surface area contributed by atoms with Gasteiger partial charge in [-0.1, -0.05) is 30.3 Å². The largest absolute Gasteiger partial charge is 0.342 e. The molecule has 2 aromatic heterocycles. The number of rotatable bonds is 6. The van der Waals surface area contributed by atoms with E-state index in [1.54, 1.807) is 35.2 Å². The van der Waals surface area contributed by atoms with Crippen molar-refractivity contribution in [2.75, 3.05) is 0 Å². The van der Waals surface area contributed by atoms with Crippen LogP contribution in [0.3, 0.4) is 0 Å². The predicted octanol–water partition coefficient (Wildman–Crippen LogP) is 3.27. The Balaban J connectivity index is 1.51. The van der Waals surface area contributed by atoms with E-state index in [0.29, 0.717) is 17.8 Å². The SMILES string of the molecule is Cn1ccnc1C(NC(=O)CCc1nc2ccccc2[nH]1)c1ccccc1F. The van der Waals surface area contributed by atoms with Gasteiger partial charge < -0.3 is 14.9 Å². The number of halogens is 1. The first kappa shape index (κ1) is 17.9. The van der Waals surface area contributed by atoms with Crippen LogP contribution in [0.5, 0.6) is 0 Å². The molecule has 28 heavy (non-hydrogen) atoms. The van der Waals surface area contributed by atoms with Gasteiger partial charge in [-0.25, -0.2) is 14.4 Å². The Bertz CT molecular complexity index is 1080. The van der Waals surface area contributed by atoms with Crippen LogP contribution >= 0.6 is 0 Å². The molecule has 4 aromatic rings. The summed E-state index contributed by atoms with van der Waals surface area (Å²) in [5.41, 5.74) is 2.19. The van der Waals surface area contributed by atoms with Crippen LogP contribution in [0.15, 0.2) is 60.9 Å². The molecule has 0 saturated carbocycles. The Labute approximate surface area is 161 Å². The van der Waals surface area contributed by atoms with E-state index in [0.717, 1.165) is 16.9 Å². The smallest absolute Gasteiger partial charge is 0.221 e. The van der Waals surface area contributed by atoms with Crippen LogP contribution in [0.25, 0.3) is 11.0 Å². The number of aromatic amines is 1. The van der Waals surface area contributed by atoms with Crippen molar-refractivity contribution in [3.63, 3.8) is 0 Å². The Hall–Kier alpha value is -3.48. The number of nitrogens with zero attached hydrogens (tertiary/aromatic N) is 3. The van der Waals surface area contributed by atoms with Crippen molar-refractivity contribution in [1.82, 2.24) is 24.8 Å². The van der Waals surface area contributed by atoms with Gasteiger partial charge in [0.25, 0.3) is 0 Å². The highest BCUT2D eigenvalue weighted by atomic mass is 19.1. The molecule has 1 unspecified atom stereocenters. The van der Waals surface area contributed by atoms with E-state index in [2.05, 4.69) is 20.3 Å². The lowest BCUT2D eigenvalue weighted by atomic mass is 10.0. The van der Waals surface area contributed by atoms with Crippen LogP contribution in [0, 0.1) is 5.82 Å². The van der Waals surface area contributed by atoms with Gasteiger partial charge in [-0.15, -0.1) is 0 Å². The second-order valence-electron chi connectivity index (χ2n) is 6.62. The minimum Gasteiger partial charge on any atom is -0.342 e. The molecule has 0 aliphatic carbocycles. The first-order valence-electron chi connectivity index (χ1n) is 9.06.